The Hall–Kier alpha value is 0.0934. The average molecular weight is 153 g/mol. The topological polar surface area (TPSA) is 20.3 Å². The van der Waals surface area contributed by atoms with E-state index in [1.807, 2.05) is 0 Å². The van der Waals surface area contributed by atoms with Crippen molar-refractivity contribution in [1.82, 2.24) is 4.90 Å². The summed E-state index contributed by atoms with van der Waals surface area (Å²) in [5.41, 5.74) is 0. The zero-order valence-corrected chi connectivity index (χ0v) is 8.03. The quantitative estimate of drug-likeness (QED) is 0.451. The predicted octanol–water partition coefficient (Wildman–Crippen LogP) is 0.0920. The first kappa shape index (κ1) is 10.2. The molecule has 0 aliphatic heterocycles. The molecule has 0 aromatic rings. The van der Waals surface area contributed by atoms with Gasteiger partial charge in [0.25, 0.3) is 0 Å². The number of nitrogens with zero attached hydrogens (tertiary/aromatic N) is 1. The van der Waals surface area contributed by atoms with Crippen molar-refractivity contribution in [1.29, 1.82) is 0 Å². The van der Waals surface area contributed by atoms with Gasteiger partial charge < -0.3 is 4.90 Å². The van der Waals surface area contributed by atoms with Crippen molar-refractivity contribution < 1.29 is 24.3 Å². The Morgan fingerprint density at radius 2 is 1.57 bits per heavy atom. The van der Waals surface area contributed by atoms with Crippen LogP contribution in [0.25, 0.3) is 0 Å². The molecule has 0 unspecified atom stereocenters. The van der Waals surface area contributed by atoms with Crippen molar-refractivity contribution in [2.75, 3.05) is 14.1 Å². The molecule has 0 bridgehead atoms. The maximum absolute atomic E-state index is 10.1. The van der Waals surface area contributed by atoms with Crippen LogP contribution >= 0.6 is 0 Å². The molecule has 0 spiro atoms. The van der Waals surface area contributed by atoms with E-state index in [9.17, 15) is 4.79 Å². The monoisotopic (exact) mass is 151 g/mol. The van der Waals surface area contributed by atoms with Crippen LogP contribution in [0.15, 0.2) is 0 Å². The van der Waals surface area contributed by atoms with Crippen LogP contribution < -0.4 is 0 Å². The molecule has 0 saturated heterocycles. The van der Waals surface area contributed by atoms with Crippen LogP contribution in [-0.2, 0) is 24.3 Å². The second-order valence-corrected chi connectivity index (χ2v) is 1.41. The summed E-state index contributed by atoms with van der Waals surface area (Å²) < 4.78 is 0. The molecule has 0 rings (SSSR count). The van der Waals surface area contributed by atoms with E-state index < -0.39 is 0 Å². The molecule has 7 heavy (non-hydrogen) atoms. The van der Waals surface area contributed by atoms with Gasteiger partial charge in [-0.3, -0.25) is 4.79 Å². The zero-order chi connectivity index (χ0) is 5.15. The van der Waals surface area contributed by atoms with E-state index in [1.54, 1.807) is 14.1 Å². The van der Waals surface area contributed by atoms with Crippen molar-refractivity contribution >= 4 is 5.91 Å². The average Bonchev–Trinajstić information content (AvgIpc) is 1.36. The van der Waals surface area contributed by atoms with Gasteiger partial charge in [-0.25, -0.2) is 0 Å². The number of rotatable bonds is 0. The van der Waals surface area contributed by atoms with Crippen LogP contribution in [0.3, 0.4) is 0 Å². The van der Waals surface area contributed by atoms with Crippen molar-refractivity contribution in [2.45, 2.75) is 6.92 Å². The molecule has 0 aromatic heterocycles. The summed E-state index contributed by atoms with van der Waals surface area (Å²) in [5, 5.41) is 0. The van der Waals surface area contributed by atoms with Crippen molar-refractivity contribution in [3.63, 3.8) is 0 Å². The second-order valence-electron chi connectivity index (χ2n) is 1.41. The van der Waals surface area contributed by atoms with Gasteiger partial charge in [-0.2, -0.15) is 0 Å². The Morgan fingerprint density at radius 3 is 1.57 bits per heavy atom. The zero-order valence-electron chi connectivity index (χ0n) is 5.06. The summed E-state index contributed by atoms with van der Waals surface area (Å²) in [6, 6.07) is 0. The standard InChI is InChI=1S/C4H9NO.Zn/c1-4(6)5(2)3;/h1-3H3;. The van der Waals surface area contributed by atoms with Crippen LogP contribution in [0.4, 0.5) is 0 Å². The first-order chi connectivity index (χ1) is 2.64. The number of carbonyl (C=O) groups is 1. The largest absolute Gasteiger partial charge is 0.349 e. The Labute approximate surface area is 56.6 Å². The van der Waals surface area contributed by atoms with Gasteiger partial charge in [-0.15, -0.1) is 0 Å². The van der Waals surface area contributed by atoms with Crippen LogP contribution in [0.5, 0.6) is 0 Å². The van der Waals surface area contributed by atoms with Gasteiger partial charge in [0.1, 0.15) is 0 Å². The minimum absolute atomic E-state index is 0. The van der Waals surface area contributed by atoms with E-state index in [-0.39, 0.29) is 25.4 Å². The summed E-state index contributed by atoms with van der Waals surface area (Å²) in [4.78, 5) is 11.6. The fourth-order valence-corrected chi connectivity index (χ4v) is 0. The van der Waals surface area contributed by atoms with E-state index in [0.29, 0.717) is 0 Å². The van der Waals surface area contributed by atoms with E-state index in [2.05, 4.69) is 0 Å². The van der Waals surface area contributed by atoms with Crippen molar-refractivity contribution in [3.8, 4) is 0 Å². The maximum Gasteiger partial charge on any atom is 0.218 e. The Morgan fingerprint density at radius 1 is 1.43 bits per heavy atom. The molecule has 0 fully saturated rings. The van der Waals surface area contributed by atoms with Crippen LogP contribution in [-0.4, -0.2) is 24.9 Å². The van der Waals surface area contributed by atoms with Crippen molar-refractivity contribution in [3.05, 3.63) is 0 Å². The molecule has 0 radical (unpaired) electrons. The first-order valence-corrected chi connectivity index (χ1v) is 1.82. The third-order valence-electron chi connectivity index (χ3n) is 0.630. The molecule has 2 nitrogen and oxygen atoms in total. The molecule has 0 aromatic carbocycles. The fourth-order valence-electron chi connectivity index (χ4n) is 0. The van der Waals surface area contributed by atoms with Crippen LogP contribution in [0, 0.1) is 0 Å². The Bertz CT molecular complexity index is 62.7. The van der Waals surface area contributed by atoms with E-state index in [4.69, 9.17) is 0 Å². The molecule has 38 valence electrons. The van der Waals surface area contributed by atoms with Gasteiger partial charge in [-0.05, 0) is 0 Å². The minimum Gasteiger partial charge on any atom is -0.349 e. The molecule has 0 atom stereocenters. The van der Waals surface area contributed by atoms with Gasteiger partial charge in [0.05, 0.1) is 0 Å². The van der Waals surface area contributed by atoms with Gasteiger partial charge >= 0.3 is 0 Å². The molecule has 0 N–H and O–H groups in total. The van der Waals surface area contributed by atoms with Crippen LogP contribution in [0.2, 0.25) is 0 Å². The molecule has 0 heterocycles. The normalized spacial score (nSPS) is 6.71. The second kappa shape index (κ2) is 4.26. The number of carbonyl (C=O) groups excluding carboxylic acids is 1. The van der Waals surface area contributed by atoms with Gasteiger partial charge in [-0.1, -0.05) is 0 Å². The van der Waals surface area contributed by atoms with E-state index >= 15 is 0 Å². The summed E-state index contributed by atoms with van der Waals surface area (Å²) in [6.45, 7) is 1.53. The third kappa shape index (κ3) is 6.09. The Kier molecular flexibility index (Phi) is 6.17. The third-order valence-corrected chi connectivity index (χ3v) is 0.630. The first-order valence-electron chi connectivity index (χ1n) is 1.82. The SMILES string of the molecule is CC(=O)N(C)C.[Zn]. The smallest absolute Gasteiger partial charge is 0.218 e. The molecule has 1 amide bonds. The van der Waals surface area contributed by atoms with E-state index in [1.165, 1.54) is 11.8 Å². The molecule has 0 aliphatic rings. The Balaban J connectivity index is 0. The van der Waals surface area contributed by atoms with Gasteiger partial charge in [0.15, 0.2) is 0 Å². The van der Waals surface area contributed by atoms with E-state index in [0.717, 1.165) is 0 Å². The molecule has 3 heteroatoms. The molecular weight excluding hydrogens is 143 g/mol. The van der Waals surface area contributed by atoms with Crippen LogP contribution in [0.1, 0.15) is 6.92 Å². The number of hydrogen-bond donors (Lipinski definition) is 0. The summed E-state index contributed by atoms with van der Waals surface area (Å²) in [5.74, 6) is 0.0926. The molecule has 0 aliphatic carbocycles. The predicted molar refractivity (Wildman–Crippen MR) is 24.4 cm³/mol. The molecular formula is C4H9NOZn. The van der Waals surface area contributed by atoms with Gasteiger partial charge in [0, 0.05) is 40.5 Å². The number of amides is 1. The number of hydrogen-bond acceptors (Lipinski definition) is 1. The van der Waals surface area contributed by atoms with Gasteiger partial charge in [0.2, 0.25) is 5.91 Å². The summed E-state index contributed by atoms with van der Waals surface area (Å²) in [7, 11) is 3.45. The molecule has 0 saturated carbocycles. The summed E-state index contributed by atoms with van der Waals surface area (Å²) in [6.07, 6.45) is 0. The fraction of sp³-hybridized carbons (Fsp3) is 0.750. The minimum atomic E-state index is 0. The maximum atomic E-state index is 10.1. The summed E-state index contributed by atoms with van der Waals surface area (Å²) >= 11 is 0. The van der Waals surface area contributed by atoms with Crippen molar-refractivity contribution in [2.24, 2.45) is 0 Å².